The molecule has 0 radical (unpaired) electrons. The van der Waals surface area contributed by atoms with Crippen molar-refractivity contribution >= 4 is 0 Å². The number of halogens is 8. The molecule has 0 heterocycles. The van der Waals surface area contributed by atoms with Gasteiger partial charge < -0.3 is 0 Å². The van der Waals surface area contributed by atoms with Crippen LogP contribution < -0.4 is 0 Å². The van der Waals surface area contributed by atoms with Crippen LogP contribution >= 0.6 is 0 Å². The normalized spacial score (nSPS) is 4.33. The summed E-state index contributed by atoms with van der Waals surface area (Å²) in [7, 11) is 0. The molecule has 0 amide bonds. The van der Waals surface area contributed by atoms with Gasteiger partial charge in [0.2, 0.25) is 0 Å². The molecule has 0 aromatic heterocycles. The van der Waals surface area contributed by atoms with Crippen molar-refractivity contribution in [3.05, 3.63) is 25.3 Å². The zero-order chi connectivity index (χ0) is 7.15. The van der Waals surface area contributed by atoms with Crippen LogP contribution in [-0.2, 0) is 0 Å². The second-order valence-corrected chi connectivity index (χ2v) is 0.521. The van der Waals surface area contributed by atoms with Gasteiger partial charge in [0.25, 0.3) is 0 Å². The van der Waals surface area contributed by atoms with Crippen molar-refractivity contribution < 1.29 is 36.4 Å². The van der Waals surface area contributed by atoms with Crippen LogP contribution in [0.15, 0.2) is 25.3 Å². The smallest absolute Gasteiger partial charge is 0.269 e. The molecular weight excluding hydrogens is 200 g/mol. The molecule has 0 rings (SSSR count). The van der Waals surface area contributed by atoms with Crippen molar-refractivity contribution in [2.75, 3.05) is 0 Å². The number of hydrogen-bond donors (Lipinski definition) is 0. The standard InChI is InChI=1S/C2F4.C2H4.4FH/c3-1(4)2(5)6;1-2;;;;/h;1-2H2;4*1H. The monoisotopic (exact) mass is 208 g/mol. The summed E-state index contributed by atoms with van der Waals surface area (Å²) in [5, 5.41) is 0. The summed E-state index contributed by atoms with van der Waals surface area (Å²) in [5.41, 5.74) is 0. The molecule has 0 nitrogen and oxygen atoms in total. The van der Waals surface area contributed by atoms with Gasteiger partial charge in [0.15, 0.2) is 0 Å². The van der Waals surface area contributed by atoms with Gasteiger partial charge in [-0.15, -0.1) is 13.2 Å². The molecule has 0 saturated carbocycles. The first kappa shape index (κ1) is 44.4. The summed E-state index contributed by atoms with van der Waals surface area (Å²) >= 11 is 0. The lowest BCUT2D eigenvalue weighted by atomic mass is 11.1. The van der Waals surface area contributed by atoms with Crippen molar-refractivity contribution in [3.63, 3.8) is 0 Å². The van der Waals surface area contributed by atoms with E-state index >= 15 is 0 Å². The van der Waals surface area contributed by atoms with Crippen LogP contribution in [0, 0.1) is 0 Å². The maximum Gasteiger partial charge on any atom is 0.334 e. The van der Waals surface area contributed by atoms with E-state index in [9.17, 15) is 17.6 Å². The maximum absolute atomic E-state index is 10.3. The quantitative estimate of drug-likeness (QED) is 0.422. The topological polar surface area (TPSA) is 0 Å². The minimum absolute atomic E-state index is 0. The molecule has 0 aromatic rings. The fraction of sp³-hybridized carbons (Fsp3) is 0. The van der Waals surface area contributed by atoms with Gasteiger partial charge >= 0.3 is 12.2 Å². The first-order valence-electron chi connectivity index (χ1n) is 1.51. The maximum atomic E-state index is 10.3. The van der Waals surface area contributed by atoms with Gasteiger partial charge in [0.05, 0.1) is 0 Å². The summed E-state index contributed by atoms with van der Waals surface area (Å²) < 4.78 is 41.1. The van der Waals surface area contributed by atoms with Gasteiger partial charge in [-0.25, -0.2) is 0 Å². The summed E-state index contributed by atoms with van der Waals surface area (Å²) in [6.45, 7) is 6.00. The number of hydrogen-bond acceptors (Lipinski definition) is 0. The molecule has 80 valence electrons. The van der Waals surface area contributed by atoms with Crippen LogP contribution in [0.5, 0.6) is 0 Å². The number of rotatable bonds is 0. The van der Waals surface area contributed by atoms with E-state index in [2.05, 4.69) is 13.2 Å². The average molecular weight is 208 g/mol. The summed E-state index contributed by atoms with van der Waals surface area (Å²) in [5.74, 6) is 0. The Labute approximate surface area is 63.0 Å². The minimum Gasteiger partial charge on any atom is -0.269 e. The molecule has 0 unspecified atom stereocenters. The van der Waals surface area contributed by atoms with Crippen molar-refractivity contribution in [2.45, 2.75) is 0 Å². The first-order chi connectivity index (χ1) is 3.64. The molecule has 0 aliphatic rings. The van der Waals surface area contributed by atoms with Crippen LogP contribution in [0.4, 0.5) is 36.4 Å². The van der Waals surface area contributed by atoms with Gasteiger partial charge in [-0.1, -0.05) is 0 Å². The van der Waals surface area contributed by atoms with E-state index in [1.165, 1.54) is 0 Å². The van der Waals surface area contributed by atoms with Crippen LogP contribution in [0.2, 0.25) is 0 Å². The van der Waals surface area contributed by atoms with Crippen molar-refractivity contribution in [1.29, 1.82) is 0 Å². The Morgan fingerprint density at radius 2 is 0.667 bits per heavy atom. The zero-order valence-electron chi connectivity index (χ0n) is 5.56. The largest absolute Gasteiger partial charge is 0.334 e. The van der Waals surface area contributed by atoms with Gasteiger partial charge in [0, 0.05) is 0 Å². The molecule has 0 aromatic carbocycles. The molecule has 12 heavy (non-hydrogen) atoms. The Hall–Kier alpha value is -1.08. The van der Waals surface area contributed by atoms with E-state index in [0.29, 0.717) is 0 Å². The second-order valence-electron chi connectivity index (χ2n) is 0.521. The predicted octanol–water partition coefficient (Wildman–Crippen LogP) is 3.40. The first-order valence-corrected chi connectivity index (χ1v) is 1.51. The van der Waals surface area contributed by atoms with Crippen LogP contribution in [0.25, 0.3) is 0 Å². The highest BCUT2D eigenvalue weighted by molar-refractivity contribution is 4.77. The van der Waals surface area contributed by atoms with Crippen molar-refractivity contribution in [1.82, 2.24) is 0 Å². The van der Waals surface area contributed by atoms with Gasteiger partial charge in [-0.3, -0.25) is 18.8 Å². The Morgan fingerprint density at radius 1 is 0.583 bits per heavy atom. The van der Waals surface area contributed by atoms with E-state index < -0.39 is 12.2 Å². The summed E-state index contributed by atoms with van der Waals surface area (Å²) in [6, 6.07) is 0. The van der Waals surface area contributed by atoms with Gasteiger partial charge in [0.1, 0.15) is 0 Å². The molecule has 0 atom stereocenters. The highest BCUT2D eigenvalue weighted by Gasteiger charge is 1.98. The van der Waals surface area contributed by atoms with Crippen molar-refractivity contribution in [2.24, 2.45) is 0 Å². The molecule has 0 fully saturated rings. The predicted molar refractivity (Wildman–Crippen MR) is 32.7 cm³/mol. The third-order valence-electron chi connectivity index (χ3n) is 0.143. The Bertz CT molecular complexity index is 71.1. The molecule has 0 saturated heterocycles. The molecule has 0 spiro atoms. The highest BCUT2D eigenvalue weighted by atomic mass is 19.3. The lowest BCUT2D eigenvalue weighted by molar-refractivity contribution is 0.308. The molecule has 0 N–H and O–H groups in total. The van der Waals surface area contributed by atoms with Gasteiger partial charge in [-0.2, -0.15) is 17.6 Å². The van der Waals surface area contributed by atoms with E-state index in [-0.39, 0.29) is 18.8 Å². The molecule has 0 aliphatic heterocycles. The Morgan fingerprint density at radius 3 is 0.667 bits per heavy atom. The highest BCUT2D eigenvalue weighted by Crippen LogP contribution is 2.08. The van der Waals surface area contributed by atoms with Crippen LogP contribution in [0.3, 0.4) is 0 Å². The minimum atomic E-state index is -2.91. The Balaban J connectivity index is -0.0000000140. The molecule has 0 aliphatic carbocycles. The molecule has 0 bridgehead atoms. The van der Waals surface area contributed by atoms with E-state index in [1.54, 1.807) is 0 Å². The van der Waals surface area contributed by atoms with Crippen LogP contribution in [0.1, 0.15) is 0 Å². The zero-order valence-corrected chi connectivity index (χ0v) is 5.56. The lowest BCUT2D eigenvalue weighted by Gasteiger charge is -1.69. The second kappa shape index (κ2) is 32.6. The summed E-state index contributed by atoms with van der Waals surface area (Å²) in [6.07, 6.45) is -5.81. The van der Waals surface area contributed by atoms with Crippen molar-refractivity contribution in [3.8, 4) is 0 Å². The fourth-order valence-electron chi connectivity index (χ4n) is 0. The van der Waals surface area contributed by atoms with E-state index in [4.69, 9.17) is 0 Å². The van der Waals surface area contributed by atoms with E-state index in [0.717, 1.165) is 0 Å². The third-order valence-corrected chi connectivity index (χ3v) is 0.143. The SMILES string of the molecule is C=C.F.F.F.F.FC(F)=C(F)F. The molecular formula is C4H8F8. The lowest BCUT2D eigenvalue weighted by Crippen LogP contribution is -1.56. The average Bonchev–Trinajstić information content (AvgIpc) is 1.72. The molecule has 8 heteroatoms. The third kappa shape index (κ3) is 65.6. The van der Waals surface area contributed by atoms with E-state index in [1.807, 2.05) is 0 Å². The Kier molecular flexibility index (Phi) is 121. The summed E-state index contributed by atoms with van der Waals surface area (Å²) in [4.78, 5) is 0. The fourth-order valence-corrected chi connectivity index (χ4v) is 0. The van der Waals surface area contributed by atoms with Crippen LogP contribution in [-0.4, -0.2) is 0 Å². The van der Waals surface area contributed by atoms with Gasteiger partial charge in [-0.05, 0) is 0 Å².